The van der Waals surface area contributed by atoms with Crippen molar-refractivity contribution in [1.82, 2.24) is 14.7 Å². The Kier molecular flexibility index (Phi) is 5.88. The Balaban J connectivity index is 1.70. The summed E-state index contributed by atoms with van der Waals surface area (Å²) in [6, 6.07) is 15.1. The number of phenolic OH excluding ortho intramolecular Hbond substituents is 1. The van der Waals surface area contributed by atoms with Gasteiger partial charge in [0.2, 0.25) is 0 Å². The van der Waals surface area contributed by atoms with E-state index in [-0.39, 0.29) is 17.2 Å². The number of hydrogen-bond donors (Lipinski definition) is 2. The summed E-state index contributed by atoms with van der Waals surface area (Å²) in [7, 11) is 3.99. The summed E-state index contributed by atoms with van der Waals surface area (Å²) in [6.45, 7) is 1.60. The number of nitrogens with zero attached hydrogens (tertiary/aromatic N) is 3. The molecule has 0 fully saturated rings. The van der Waals surface area contributed by atoms with Crippen molar-refractivity contribution < 1.29 is 9.90 Å². The monoisotopic (exact) mass is 364 g/mol. The van der Waals surface area contributed by atoms with E-state index < -0.39 is 0 Å². The van der Waals surface area contributed by atoms with E-state index in [0.29, 0.717) is 12.1 Å². The summed E-state index contributed by atoms with van der Waals surface area (Å²) in [5, 5.41) is 17.2. The van der Waals surface area contributed by atoms with Crippen LogP contribution in [0.5, 0.6) is 5.75 Å². The average Bonchev–Trinajstić information content (AvgIpc) is 3.10. The third-order valence-electron chi connectivity index (χ3n) is 4.22. The van der Waals surface area contributed by atoms with Crippen LogP contribution in [0.2, 0.25) is 0 Å². The van der Waals surface area contributed by atoms with Crippen molar-refractivity contribution in [1.29, 1.82) is 0 Å². The Hall–Kier alpha value is -3.12. The lowest BCUT2D eigenvalue weighted by atomic mass is 10.0. The van der Waals surface area contributed by atoms with Gasteiger partial charge < -0.3 is 15.3 Å². The van der Waals surface area contributed by atoms with E-state index in [0.717, 1.165) is 24.2 Å². The number of phenols is 1. The maximum Gasteiger partial charge on any atom is 0.259 e. The minimum Gasteiger partial charge on any atom is -0.507 e. The molecule has 1 heterocycles. The quantitative estimate of drug-likeness (QED) is 0.676. The summed E-state index contributed by atoms with van der Waals surface area (Å²) in [5.74, 6) is -0.390. The molecule has 0 aliphatic rings. The fourth-order valence-corrected chi connectivity index (χ4v) is 2.76. The highest BCUT2D eigenvalue weighted by atomic mass is 16.3. The van der Waals surface area contributed by atoms with Gasteiger partial charge in [-0.15, -0.1) is 0 Å². The Morgan fingerprint density at radius 1 is 1.15 bits per heavy atom. The molecule has 140 valence electrons. The first-order chi connectivity index (χ1) is 13.0. The lowest BCUT2D eigenvalue weighted by Gasteiger charge is -2.09. The van der Waals surface area contributed by atoms with Gasteiger partial charge in [0.1, 0.15) is 5.75 Å². The van der Waals surface area contributed by atoms with Crippen molar-refractivity contribution >= 4 is 11.6 Å². The average molecular weight is 364 g/mol. The predicted molar refractivity (Wildman–Crippen MR) is 106 cm³/mol. The maximum absolute atomic E-state index is 12.6. The molecular weight excluding hydrogens is 340 g/mol. The molecule has 0 saturated carbocycles. The molecular formula is C21H24N4O2. The summed E-state index contributed by atoms with van der Waals surface area (Å²) < 4.78 is 1.78. The second-order valence-corrected chi connectivity index (χ2v) is 6.76. The van der Waals surface area contributed by atoms with Gasteiger partial charge in [-0.25, -0.2) is 0 Å². The normalized spacial score (nSPS) is 10.9. The lowest BCUT2D eigenvalue weighted by molar-refractivity contribution is 0.102. The Bertz CT molecular complexity index is 904. The van der Waals surface area contributed by atoms with Crippen molar-refractivity contribution in [2.45, 2.75) is 13.0 Å². The fourth-order valence-electron chi connectivity index (χ4n) is 2.76. The van der Waals surface area contributed by atoms with E-state index in [4.69, 9.17) is 0 Å². The molecule has 27 heavy (non-hydrogen) atoms. The van der Waals surface area contributed by atoms with Gasteiger partial charge in [-0.3, -0.25) is 9.48 Å². The van der Waals surface area contributed by atoms with Crippen molar-refractivity contribution in [3.63, 3.8) is 0 Å². The molecule has 0 bridgehead atoms. The van der Waals surface area contributed by atoms with Crippen molar-refractivity contribution in [3.05, 3.63) is 77.6 Å². The van der Waals surface area contributed by atoms with E-state index in [1.807, 2.05) is 50.5 Å². The van der Waals surface area contributed by atoms with Crippen LogP contribution in [0.4, 0.5) is 5.69 Å². The van der Waals surface area contributed by atoms with Crippen LogP contribution >= 0.6 is 0 Å². The summed E-state index contributed by atoms with van der Waals surface area (Å²) in [6.07, 6.45) is 4.09. The molecule has 2 aromatic carbocycles. The minimum atomic E-state index is -0.352. The van der Waals surface area contributed by atoms with E-state index in [2.05, 4.69) is 15.3 Å². The number of aromatic hydroxyl groups is 1. The number of carbonyl (C=O) groups is 1. The van der Waals surface area contributed by atoms with Crippen LogP contribution in [0.3, 0.4) is 0 Å². The van der Waals surface area contributed by atoms with Crippen molar-refractivity contribution in [2.24, 2.45) is 0 Å². The van der Waals surface area contributed by atoms with Crippen LogP contribution in [-0.2, 0) is 13.0 Å². The van der Waals surface area contributed by atoms with Gasteiger partial charge in [0.05, 0.1) is 24.0 Å². The molecule has 0 spiro atoms. The SMILES string of the molecule is CN(C)CCn1cc(NC(=O)c2cc(Cc3ccccc3)ccc2O)cn1. The molecule has 0 aliphatic heterocycles. The summed E-state index contributed by atoms with van der Waals surface area (Å²) in [5.41, 5.74) is 2.97. The predicted octanol–water partition coefficient (Wildman–Crippen LogP) is 2.99. The molecule has 0 aliphatic carbocycles. The molecule has 0 unspecified atom stereocenters. The van der Waals surface area contributed by atoms with E-state index in [9.17, 15) is 9.90 Å². The Morgan fingerprint density at radius 3 is 2.67 bits per heavy atom. The van der Waals surface area contributed by atoms with Gasteiger partial charge in [0, 0.05) is 12.7 Å². The number of hydrogen-bond acceptors (Lipinski definition) is 4. The number of aromatic nitrogens is 2. The third-order valence-corrected chi connectivity index (χ3v) is 4.22. The highest BCUT2D eigenvalue weighted by Crippen LogP contribution is 2.22. The number of amides is 1. The number of nitrogens with one attached hydrogen (secondary N) is 1. The largest absolute Gasteiger partial charge is 0.507 e. The smallest absolute Gasteiger partial charge is 0.259 e. The number of rotatable bonds is 7. The van der Waals surface area contributed by atoms with Gasteiger partial charge >= 0.3 is 0 Å². The van der Waals surface area contributed by atoms with Gasteiger partial charge in [-0.05, 0) is 43.8 Å². The first-order valence-electron chi connectivity index (χ1n) is 8.85. The van der Waals surface area contributed by atoms with Gasteiger partial charge in [0.15, 0.2) is 0 Å². The van der Waals surface area contributed by atoms with Crippen LogP contribution in [-0.4, -0.2) is 46.3 Å². The zero-order valence-electron chi connectivity index (χ0n) is 15.6. The topological polar surface area (TPSA) is 70.4 Å². The number of benzene rings is 2. The molecule has 0 saturated heterocycles. The van der Waals surface area contributed by atoms with Crippen LogP contribution in [0, 0.1) is 0 Å². The highest BCUT2D eigenvalue weighted by Gasteiger charge is 2.13. The lowest BCUT2D eigenvalue weighted by Crippen LogP contribution is -2.18. The molecule has 3 rings (SSSR count). The van der Waals surface area contributed by atoms with Crippen LogP contribution < -0.4 is 5.32 Å². The molecule has 3 aromatic rings. The number of carbonyl (C=O) groups excluding carboxylic acids is 1. The first-order valence-corrected chi connectivity index (χ1v) is 8.85. The van der Waals surface area contributed by atoms with E-state index in [1.165, 1.54) is 0 Å². The van der Waals surface area contributed by atoms with E-state index in [1.54, 1.807) is 29.2 Å². The molecule has 1 amide bonds. The van der Waals surface area contributed by atoms with Crippen molar-refractivity contribution in [3.8, 4) is 5.75 Å². The maximum atomic E-state index is 12.6. The highest BCUT2D eigenvalue weighted by molar-refractivity contribution is 6.06. The molecule has 6 nitrogen and oxygen atoms in total. The minimum absolute atomic E-state index is 0.0377. The van der Waals surface area contributed by atoms with Crippen molar-refractivity contribution in [2.75, 3.05) is 26.0 Å². The van der Waals surface area contributed by atoms with E-state index >= 15 is 0 Å². The standard InChI is InChI=1S/C21H24N4O2/c1-24(2)10-11-25-15-18(14-22-25)23-21(27)19-13-17(8-9-20(19)26)12-16-6-4-3-5-7-16/h3-9,13-15,26H,10-12H2,1-2H3,(H,23,27). The van der Waals surface area contributed by atoms with Gasteiger partial charge in [-0.1, -0.05) is 36.4 Å². The molecule has 6 heteroatoms. The Labute approximate surface area is 159 Å². The Morgan fingerprint density at radius 2 is 1.93 bits per heavy atom. The van der Waals surface area contributed by atoms with Gasteiger partial charge in [0.25, 0.3) is 5.91 Å². The molecule has 2 N–H and O–H groups in total. The number of likely N-dealkylation sites (N-methyl/N-ethyl adjacent to an activating group) is 1. The fraction of sp³-hybridized carbons (Fsp3) is 0.238. The zero-order chi connectivity index (χ0) is 19.2. The van der Waals surface area contributed by atoms with Crippen LogP contribution in [0.25, 0.3) is 0 Å². The van der Waals surface area contributed by atoms with Gasteiger partial charge in [-0.2, -0.15) is 5.10 Å². The van der Waals surface area contributed by atoms with Crippen LogP contribution in [0.15, 0.2) is 60.9 Å². The zero-order valence-corrected chi connectivity index (χ0v) is 15.6. The second-order valence-electron chi connectivity index (χ2n) is 6.76. The third kappa shape index (κ3) is 5.18. The van der Waals surface area contributed by atoms with Crippen LogP contribution in [0.1, 0.15) is 21.5 Å². The molecule has 1 aromatic heterocycles. The second kappa shape index (κ2) is 8.51. The first kappa shape index (κ1) is 18.7. The number of anilines is 1. The summed E-state index contributed by atoms with van der Waals surface area (Å²) >= 11 is 0. The molecule has 0 atom stereocenters. The summed E-state index contributed by atoms with van der Waals surface area (Å²) in [4.78, 5) is 14.7. The molecule has 0 radical (unpaired) electrons.